The molecule has 0 aromatic rings. The average molecular weight is 668 g/mol. The Kier molecular flexibility index (Phi) is 23.5. The Morgan fingerprint density at radius 1 is 0.766 bits per heavy atom. The molecule has 6 amide bonds. The number of hydrogen-bond donors (Lipinski definition) is 8. The lowest BCUT2D eigenvalue weighted by atomic mass is 10.0. The number of nitrogens with one attached hydrogen (secondary N) is 5. The molecule has 268 valence electrons. The van der Waals surface area contributed by atoms with Crippen LogP contribution in [-0.4, -0.2) is 77.2 Å². The number of carboxylic acid groups (broad SMARTS) is 1. The van der Waals surface area contributed by atoms with Crippen LogP contribution in [-0.2, 0) is 33.6 Å². The molecule has 0 fully saturated rings. The summed E-state index contributed by atoms with van der Waals surface area (Å²) in [6.07, 6.45) is 5.08. The first kappa shape index (κ1) is 44.7. The summed E-state index contributed by atoms with van der Waals surface area (Å²) >= 11 is 0. The fourth-order valence-electron chi connectivity index (χ4n) is 3.90. The fraction of sp³-hybridized carbons (Fsp3) is 0.656. The van der Waals surface area contributed by atoms with Gasteiger partial charge in [-0.15, -0.1) is 0 Å². The normalized spacial score (nSPS) is 13.9. The Labute approximate surface area is 278 Å². The van der Waals surface area contributed by atoms with Gasteiger partial charge < -0.3 is 43.2 Å². The van der Waals surface area contributed by atoms with E-state index in [9.17, 15) is 33.6 Å². The number of allylic oxidation sites excluding steroid dienone is 2. The van der Waals surface area contributed by atoms with E-state index < -0.39 is 78.5 Å². The van der Waals surface area contributed by atoms with E-state index in [0.717, 1.165) is 12.0 Å². The molecule has 4 unspecified atom stereocenters. The average Bonchev–Trinajstić information content (AvgIpc) is 2.99. The van der Waals surface area contributed by atoms with Crippen LogP contribution in [0.25, 0.3) is 0 Å². The van der Waals surface area contributed by atoms with Crippen molar-refractivity contribution in [3.8, 4) is 0 Å². The summed E-state index contributed by atoms with van der Waals surface area (Å²) in [4.78, 5) is 85.5. The molecule has 0 spiro atoms. The highest BCUT2D eigenvalue weighted by atomic mass is 16.4. The molecule has 4 atom stereocenters. The summed E-state index contributed by atoms with van der Waals surface area (Å²) in [6, 6.07) is -4.21. The van der Waals surface area contributed by atoms with E-state index in [0.29, 0.717) is 6.42 Å². The molecule has 47 heavy (non-hydrogen) atoms. The standard InChI is InChI=1S/C27H46N6O8.C5H11N/c1-7-9-18(32-27(41)21(30-17(6)34)13-16(5)8-2)25(39)29-14-22(35)31-19(10-11-23(36)37)26(40)33-20(24(28)38)12-15(3)4;1-3-5(2)4-6/h8,15,18-21H,7,9-14H2,1-6H3,(H2,28,38)(H,29,39)(H,30,34)(H,31,35)(H,32,41)(H,33,40)(H,36,37);4H,3,6H2,1-2H3/b16-8+;. The van der Waals surface area contributed by atoms with Crippen molar-refractivity contribution in [3.63, 3.8) is 0 Å². The molecule has 0 aromatic carbocycles. The molecule has 0 aliphatic heterocycles. The zero-order valence-corrected chi connectivity index (χ0v) is 29.2. The zero-order valence-electron chi connectivity index (χ0n) is 29.2. The molecule has 0 rings (SSSR count). The molecule has 0 aliphatic rings. The first-order valence-electron chi connectivity index (χ1n) is 15.9. The summed E-state index contributed by atoms with van der Waals surface area (Å²) in [5.41, 5.74) is 12.6. The molecule has 0 saturated heterocycles. The molecule has 0 radical (unpaired) electrons. The number of amides is 6. The van der Waals surface area contributed by atoms with Crippen LogP contribution in [0, 0.1) is 5.92 Å². The number of hydrogen-bond acceptors (Lipinski definition) is 8. The van der Waals surface area contributed by atoms with Gasteiger partial charge in [-0.1, -0.05) is 51.3 Å². The Bertz CT molecular complexity index is 1120. The number of primary amides is 1. The molecule has 15 heteroatoms. The Morgan fingerprint density at radius 2 is 1.32 bits per heavy atom. The van der Waals surface area contributed by atoms with Gasteiger partial charge in [0.1, 0.15) is 24.2 Å². The molecule has 0 saturated carbocycles. The molecule has 0 aromatic heterocycles. The largest absolute Gasteiger partial charge is 0.481 e. The third-order valence-electron chi connectivity index (χ3n) is 6.85. The van der Waals surface area contributed by atoms with Gasteiger partial charge in [0.05, 0.1) is 6.54 Å². The zero-order chi connectivity index (χ0) is 36.7. The summed E-state index contributed by atoms with van der Waals surface area (Å²) in [5, 5.41) is 21.5. The predicted molar refractivity (Wildman–Crippen MR) is 179 cm³/mol. The lowest BCUT2D eigenvalue weighted by molar-refractivity contribution is -0.138. The maximum Gasteiger partial charge on any atom is 0.303 e. The number of carbonyl (C=O) groups excluding carboxylic acids is 6. The lowest BCUT2D eigenvalue weighted by Crippen LogP contribution is -2.56. The van der Waals surface area contributed by atoms with E-state index in [1.165, 1.54) is 12.5 Å². The van der Waals surface area contributed by atoms with Crippen molar-refractivity contribution in [2.24, 2.45) is 17.4 Å². The lowest BCUT2D eigenvalue weighted by Gasteiger charge is -2.24. The highest BCUT2D eigenvalue weighted by Gasteiger charge is 2.28. The second kappa shape index (κ2) is 24.8. The quantitative estimate of drug-likeness (QED) is 0.0857. The van der Waals surface area contributed by atoms with Crippen LogP contribution in [0.2, 0.25) is 0 Å². The van der Waals surface area contributed by atoms with Crippen molar-refractivity contribution in [1.29, 1.82) is 0 Å². The van der Waals surface area contributed by atoms with Crippen LogP contribution in [0.5, 0.6) is 0 Å². The van der Waals surface area contributed by atoms with Gasteiger partial charge in [0.15, 0.2) is 0 Å². The molecule has 0 aliphatic carbocycles. The molecule has 15 nitrogen and oxygen atoms in total. The third kappa shape index (κ3) is 21.9. The molecular weight excluding hydrogens is 610 g/mol. The van der Waals surface area contributed by atoms with Crippen LogP contribution in [0.15, 0.2) is 23.4 Å². The number of nitrogens with two attached hydrogens (primary N) is 2. The van der Waals surface area contributed by atoms with Gasteiger partial charge >= 0.3 is 5.97 Å². The first-order chi connectivity index (χ1) is 21.9. The van der Waals surface area contributed by atoms with Gasteiger partial charge in [-0.2, -0.15) is 0 Å². The van der Waals surface area contributed by atoms with Gasteiger partial charge in [-0.25, -0.2) is 0 Å². The number of rotatable bonds is 20. The van der Waals surface area contributed by atoms with Crippen molar-refractivity contribution in [1.82, 2.24) is 26.6 Å². The minimum Gasteiger partial charge on any atom is -0.481 e. The SMILES string of the molecule is C/C=C(\C)CC(NC(C)=O)C(=O)NC(CCC)C(=O)NCC(=O)NC(CCC(=O)O)C(=O)NC(CC(C)C)C(N)=O.CCC(C)=CN. The van der Waals surface area contributed by atoms with Gasteiger partial charge in [0.2, 0.25) is 35.4 Å². The number of carbonyl (C=O) groups is 7. The molecular formula is C32H57N7O8. The summed E-state index contributed by atoms with van der Waals surface area (Å²) in [7, 11) is 0. The monoisotopic (exact) mass is 667 g/mol. The van der Waals surface area contributed by atoms with E-state index in [4.69, 9.17) is 16.6 Å². The van der Waals surface area contributed by atoms with Crippen LogP contribution < -0.4 is 38.1 Å². The Hall–Kier alpha value is -4.43. The minimum absolute atomic E-state index is 0.0206. The van der Waals surface area contributed by atoms with Crippen LogP contribution in [0.1, 0.15) is 100 Å². The molecule has 10 N–H and O–H groups in total. The number of aliphatic carboxylic acids is 1. The van der Waals surface area contributed by atoms with E-state index in [2.05, 4.69) is 33.5 Å². The second-order valence-electron chi connectivity index (χ2n) is 11.7. The van der Waals surface area contributed by atoms with Crippen LogP contribution >= 0.6 is 0 Å². The highest BCUT2D eigenvalue weighted by Crippen LogP contribution is 2.08. The second-order valence-corrected chi connectivity index (χ2v) is 11.7. The summed E-state index contributed by atoms with van der Waals surface area (Å²) in [6.45, 7) is 13.9. The first-order valence-corrected chi connectivity index (χ1v) is 15.9. The fourth-order valence-corrected chi connectivity index (χ4v) is 3.90. The van der Waals surface area contributed by atoms with Crippen LogP contribution in [0.4, 0.5) is 0 Å². The summed E-state index contributed by atoms with van der Waals surface area (Å²) < 4.78 is 0. The number of carboxylic acids is 1. The van der Waals surface area contributed by atoms with Crippen molar-refractivity contribution in [3.05, 3.63) is 23.4 Å². The van der Waals surface area contributed by atoms with Crippen LogP contribution in [0.3, 0.4) is 0 Å². The topological polar surface area (TPSA) is 252 Å². The van der Waals surface area contributed by atoms with Crippen molar-refractivity contribution >= 4 is 41.4 Å². The smallest absolute Gasteiger partial charge is 0.303 e. The third-order valence-corrected chi connectivity index (χ3v) is 6.85. The molecule has 0 bridgehead atoms. The van der Waals surface area contributed by atoms with E-state index >= 15 is 0 Å². The van der Waals surface area contributed by atoms with Crippen molar-refractivity contribution in [2.45, 2.75) is 125 Å². The predicted octanol–water partition coefficient (Wildman–Crippen LogP) is 0.873. The Morgan fingerprint density at radius 3 is 1.74 bits per heavy atom. The van der Waals surface area contributed by atoms with Gasteiger partial charge in [0, 0.05) is 13.3 Å². The van der Waals surface area contributed by atoms with E-state index in [1.807, 2.05) is 20.8 Å². The van der Waals surface area contributed by atoms with Gasteiger partial charge in [-0.05, 0) is 65.0 Å². The molecule has 0 heterocycles. The Balaban J connectivity index is 0. The van der Waals surface area contributed by atoms with Gasteiger partial charge in [0.25, 0.3) is 0 Å². The highest BCUT2D eigenvalue weighted by molar-refractivity contribution is 5.95. The van der Waals surface area contributed by atoms with Crippen molar-refractivity contribution < 1.29 is 38.7 Å². The van der Waals surface area contributed by atoms with E-state index in [1.54, 1.807) is 33.0 Å². The van der Waals surface area contributed by atoms with E-state index in [-0.39, 0.29) is 31.6 Å². The van der Waals surface area contributed by atoms with Gasteiger partial charge in [-0.3, -0.25) is 33.6 Å². The minimum atomic E-state index is -1.30. The van der Waals surface area contributed by atoms with Crippen molar-refractivity contribution in [2.75, 3.05) is 6.54 Å². The maximum atomic E-state index is 12.9. The maximum absolute atomic E-state index is 12.9. The summed E-state index contributed by atoms with van der Waals surface area (Å²) in [5.74, 6) is -5.14.